The molecule has 14 nitrogen and oxygen atoms in total. The molecule has 2 unspecified atom stereocenters. The number of aliphatic hydroxyl groups excluding tert-OH is 1. The summed E-state index contributed by atoms with van der Waals surface area (Å²) in [7, 11) is 0. The van der Waals surface area contributed by atoms with Crippen molar-refractivity contribution in [2.24, 2.45) is 11.8 Å². The summed E-state index contributed by atoms with van der Waals surface area (Å²) >= 11 is 0. The van der Waals surface area contributed by atoms with E-state index in [2.05, 4.69) is 26.6 Å². The fraction of sp³-hybridized carbons (Fsp3) is 0.500. The maximum absolute atomic E-state index is 13.3. The van der Waals surface area contributed by atoms with Crippen molar-refractivity contribution in [3.63, 3.8) is 0 Å². The van der Waals surface area contributed by atoms with Gasteiger partial charge < -0.3 is 41.9 Å². The van der Waals surface area contributed by atoms with Gasteiger partial charge in [0.05, 0.1) is 24.1 Å². The van der Waals surface area contributed by atoms with Crippen molar-refractivity contribution in [2.75, 3.05) is 0 Å². The van der Waals surface area contributed by atoms with Crippen LogP contribution in [0.15, 0.2) is 48.5 Å². The Hall–Kier alpha value is -4.98. The second kappa shape index (κ2) is 19.9. The van der Waals surface area contributed by atoms with Crippen molar-refractivity contribution in [3.05, 3.63) is 65.2 Å². The van der Waals surface area contributed by atoms with Gasteiger partial charge in [-0.3, -0.25) is 24.0 Å². The summed E-state index contributed by atoms with van der Waals surface area (Å²) in [5, 5.41) is 43.4. The topological polar surface area (TPSA) is 223 Å². The van der Waals surface area contributed by atoms with Gasteiger partial charge in [0.15, 0.2) is 0 Å². The number of carboxylic acids is 1. The number of nitrogens with one attached hydrogen (secondary N) is 5. The fourth-order valence-electron chi connectivity index (χ4n) is 5.21. The number of hydrogen-bond acceptors (Lipinski definition) is 8. The largest absolute Gasteiger partial charge is 0.508 e. The van der Waals surface area contributed by atoms with E-state index >= 15 is 0 Å². The Morgan fingerprint density at radius 3 is 2.04 bits per heavy atom. The van der Waals surface area contributed by atoms with Gasteiger partial charge in [0.2, 0.25) is 29.5 Å². The predicted octanol–water partition coefficient (Wildman–Crippen LogP) is 1.77. The second-order valence-corrected chi connectivity index (χ2v) is 13.0. The molecule has 0 bridgehead atoms. The van der Waals surface area contributed by atoms with E-state index in [1.807, 2.05) is 27.7 Å². The smallest absolute Gasteiger partial charge is 0.335 e. The number of benzene rings is 2. The van der Waals surface area contributed by atoms with E-state index in [-0.39, 0.29) is 42.0 Å². The number of phenols is 1. The second-order valence-electron chi connectivity index (χ2n) is 13.0. The minimum Gasteiger partial charge on any atom is -0.508 e. The van der Waals surface area contributed by atoms with Crippen molar-refractivity contribution >= 4 is 35.5 Å². The molecule has 0 spiro atoms. The molecule has 0 aliphatic heterocycles. The quantitative estimate of drug-likeness (QED) is 0.107. The predicted molar refractivity (Wildman–Crippen MR) is 186 cm³/mol. The molecule has 0 heterocycles. The summed E-state index contributed by atoms with van der Waals surface area (Å²) in [4.78, 5) is 75.7. The van der Waals surface area contributed by atoms with Crippen molar-refractivity contribution in [1.82, 2.24) is 26.6 Å². The fourth-order valence-corrected chi connectivity index (χ4v) is 5.21. The Labute approximate surface area is 292 Å². The molecule has 5 amide bonds. The third kappa shape index (κ3) is 13.9. The van der Waals surface area contributed by atoms with Crippen molar-refractivity contribution in [3.8, 4) is 5.75 Å². The van der Waals surface area contributed by atoms with Crippen LogP contribution in [0.3, 0.4) is 0 Å². The number of amides is 5. The van der Waals surface area contributed by atoms with E-state index in [1.54, 1.807) is 24.3 Å². The zero-order chi connectivity index (χ0) is 37.5. The number of aromatic hydroxyl groups is 1. The number of carbonyl (C=O) groups excluding carboxylic acids is 5. The van der Waals surface area contributed by atoms with Gasteiger partial charge in [0.1, 0.15) is 23.9 Å². The molecule has 14 heteroatoms. The number of carbonyl (C=O) groups is 6. The maximum atomic E-state index is 13.3. The molecule has 2 aromatic carbocycles. The van der Waals surface area contributed by atoms with Crippen LogP contribution in [-0.2, 0) is 36.9 Å². The van der Waals surface area contributed by atoms with Gasteiger partial charge in [0.25, 0.3) is 0 Å². The van der Waals surface area contributed by atoms with Crippen LogP contribution in [0.25, 0.3) is 0 Å². The monoisotopic (exact) mass is 697 g/mol. The first kappa shape index (κ1) is 41.2. The number of carboxylic acid groups (broad SMARTS) is 1. The molecule has 0 saturated carbocycles. The zero-order valence-electron chi connectivity index (χ0n) is 29.5. The molecule has 50 heavy (non-hydrogen) atoms. The highest BCUT2D eigenvalue weighted by Crippen LogP contribution is 2.15. The van der Waals surface area contributed by atoms with Crippen LogP contribution in [0.1, 0.15) is 82.3 Å². The molecule has 0 aliphatic carbocycles. The summed E-state index contributed by atoms with van der Waals surface area (Å²) in [6.07, 6.45) is -0.858. The molecule has 8 N–H and O–H groups in total. The Morgan fingerprint density at radius 2 is 1.46 bits per heavy atom. The lowest BCUT2D eigenvalue weighted by molar-refractivity contribution is -0.133. The molecular formula is C36H51N5O9. The minimum atomic E-state index is -1.35. The van der Waals surface area contributed by atoms with E-state index < -0.39 is 66.3 Å². The van der Waals surface area contributed by atoms with Gasteiger partial charge in [-0.15, -0.1) is 0 Å². The Kier molecular flexibility index (Phi) is 16.4. The van der Waals surface area contributed by atoms with Gasteiger partial charge in [0, 0.05) is 19.9 Å². The minimum absolute atomic E-state index is 0.00473. The SMILES string of the molecule is CCC(C)C(NC(C)=O)C(=O)N[C@@H](C)C(=O)N[C@@H](CC(C)C)[C@@H](O)CC(=O)N[C@@H](Cc1ccc(O)cc1)C(=O)NCc1cccc(C(=O)O)c1. The molecule has 0 aromatic heterocycles. The van der Waals surface area contributed by atoms with Gasteiger partial charge >= 0.3 is 5.97 Å². The third-order valence-corrected chi connectivity index (χ3v) is 8.19. The molecule has 2 aromatic rings. The molecule has 6 atom stereocenters. The standard InChI is InChI=1S/C36H51N5O9/c1-7-21(4)32(39-23(6)42)35(48)38-22(5)33(46)41-28(15-20(2)3)30(44)18-31(45)40-29(17-24-11-13-27(43)14-12-24)34(47)37-19-25-9-8-10-26(16-25)36(49)50/h8-14,16,20-22,28-30,32,43-44H,7,15,17-19H2,1-6H3,(H,37,47)(H,38,48)(H,39,42)(H,40,45)(H,41,46)(H,49,50)/t21?,22-,28-,29-,30-,32?/m0/s1. The third-order valence-electron chi connectivity index (χ3n) is 8.19. The highest BCUT2D eigenvalue weighted by molar-refractivity contribution is 5.92. The normalized spacial score (nSPS) is 14.6. The average Bonchev–Trinajstić information content (AvgIpc) is 3.05. The summed E-state index contributed by atoms with van der Waals surface area (Å²) in [6, 6.07) is 8.31. The first-order valence-electron chi connectivity index (χ1n) is 16.7. The van der Waals surface area contributed by atoms with Crippen LogP contribution in [0, 0.1) is 11.8 Å². The van der Waals surface area contributed by atoms with E-state index in [0.717, 1.165) is 0 Å². The lowest BCUT2D eigenvalue weighted by atomic mass is 9.96. The summed E-state index contributed by atoms with van der Waals surface area (Å²) in [5.41, 5.74) is 1.22. The van der Waals surface area contributed by atoms with E-state index in [9.17, 15) is 44.1 Å². The summed E-state index contributed by atoms with van der Waals surface area (Å²) in [6.45, 7) is 10.2. The molecule has 274 valence electrons. The number of hydrogen-bond donors (Lipinski definition) is 8. The molecule has 0 aliphatic rings. The first-order valence-corrected chi connectivity index (χ1v) is 16.7. The first-order chi connectivity index (χ1) is 23.5. The zero-order valence-corrected chi connectivity index (χ0v) is 29.5. The van der Waals surface area contributed by atoms with Crippen LogP contribution in [0.4, 0.5) is 0 Å². The lowest BCUT2D eigenvalue weighted by Gasteiger charge is -2.29. The highest BCUT2D eigenvalue weighted by atomic mass is 16.4. The number of rotatable bonds is 19. The molecule has 2 rings (SSSR count). The van der Waals surface area contributed by atoms with Gasteiger partial charge in [-0.25, -0.2) is 4.79 Å². The van der Waals surface area contributed by atoms with Gasteiger partial charge in [-0.05, 0) is 60.6 Å². The van der Waals surface area contributed by atoms with E-state index in [0.29, 0.717) is 24.0 Å². The average molecular weight is 698 g/mol. The highest BCUT2D eigenvalue weighted by Gasteiger charge is 2.31. The van der Waals surface area contributed by atoms with Crippen LogP contribution in [0.2, 0.25) is 0 Å². The number of phenolic OH excluding ortho intramolecular Hbond substituents is 1. The van der Waals surface area contributed by atoms with E-state index in [1.165, 1.54) is 38.1 Å². The van der Waals surface area contributed by atoms with Crippen LogP contribution in [-0.4, -0.2) is 81.1 Å². The van der Waals surface area contributed by atoms with Crippen molar-refractivity contribution in [2.45, 2.75) is 104 Å². The van der Waals surface area contributed by atoms with Gasteiger partial charge in [-0.2, -0.15) is 0 Å². The molecule has 0 saturated heterocycles. The van der Waals surface area contributed by atoms with Gasteiger partial charge in [-0.1, -0.05) is 58.4 Å². The number of aliphatic hydroxyl groups is 1. The van der Waals surface area contributed by atoms with Crippen LogP contribution < -0.4 is 26.6 Å². The number of aromatic carboxylic acids is 1. The Morgan fingerprint density at radius 1 is 0.800 bits per heavy atom. The lowest BCUT2D eigenvalue weighted by Crippen LogP contribution is -2.57. The Bertz CT molecular complexity index is 1480. The molecular weight excluding hydrogens is 646 g/mol. The van der Waals surface area contributed by atoms with Crippen molar-refractivity contribution < 1.29 is 44.1 Å². The Balaban J connectivity index is 2.14. The molecule has 0 fully saturated rings. The summed E-state index contributed by atoms with van der Waals surface area (Å²) < 4.78 is 0. The maximum Gasteiger partial charge on any atom is 0.335 e. The molecule has 0 radical (unpaired) electrons. The summed E-state index contributed by atoms with van der Waals surface area (Å²) in [5.74, 6) is -4.00. The van der Waals surface area contributed by atoms with Crippen LogP contribution in [0.5, 0.6) is 5.75 Å². The van der Waals surface area contributed by atoms with Crippen LogP contribution >= 0.6 is 0 Å². The van der Waals surface area contributed by atoms with E-state index in [4.69, 9.17) is 0 Å². The van der Waals surface area contributed by atoms with Crippen molar-refractivity contribution in [1.29, 1.82) is 0 Å².